The summed E-state index contributed by atoms with van der Waals surface area (Å²) in [4.78, 5) is 0. The Kier molecular flexibility index (Phi) is 4.79. The number of unbranched alkanes of at least 4 members (excludes halogenated alkanes) is 1. The molecule has 0 atom stereocenters. The molecule has 0 aliphatic carbocycles. The summed E-state index contributed by atoms with van der Waals surface area (Å²) in [6, 6.07) is 11.8. The molecule has 0 amide bonds. The Hall–Kier alpha value is -0.603. The highest BCUT2D eigenvalue weighted by Crippen LogP contribution is 2.02. The highest BCUT2D eigenvalue weighted by atomic mass is 28.3. The molecule has 0 saturated carbocycles. The molecular weight excluding hydrogens is 176 g/mol. The van der Waals surface area contributed by atoms with Crippen LogP contribution in [-0.4, -0.2) is 16.2 Å². The monoisotopic (exact) mass is 193 g/mol. The van der Waals surface area contributed by atoms with Gasteiger partial charge in [0.2, 0.25) is 9.04 Å². The molecule has 0 unspecified atom stereocenters. The van der Waals surface area contributed by atoms with Crippen LogP contribution in [0.5, 0.6) is 0 Å². The quantitative estimate of drug-likeness (QED) is 0.652. The van der Waals surface area contributed by atoms with Gasteiger partial charge in [-0.25, -0.2) is 0 Å². The molecule has 0 spiro atoms. The third kappa shape index (κ3) is 3.33. The summed E-state index contributed by atoms with van der Waals surface area (Å²) in [5.41, 5.74) is 0. The van der Waals surface area contributed by atoms with Crippen molar-refractivity contribution in [1.82, 2.24) is 0 Å². The standard InChI is InChI=1S/C11H17OSi/c1-3-4-10-13(12-2)11-8-6-5-7-9-11/h5-9H,3-4,10H2,1-2H3. The predicted molar refractivity (Wildman–Crippen MR) is 58.6 cm³/mol. The van der Waals surface area contributed by atoms with Crippen LogP contribution in [-0.2, 0) is 4.43 Å². The number of benzene rings is 1. The molecule has 0 aliphatic heterocycles. The lowest BCUT2D eigenvalue weighted by Gasteiger charge is -2.11. The van der Waals surface area contributed by atoms with Crippen LogP contribution in [0.4, 0.5) is 0 Å². The van der Waals surface area contributed by atoms with E-state index >= 15 is 0 Å². The molecule has 0 aromatic heterocycles. The topological polar surface area (TPSA) is 9.23 Å². The molecule has 2 heteroatoms. The first-order valence-electron chi connectivity index (χ1n) is 4.83. The fraction of sp³-hybridized carbons (Fsp3) is 0.455. The summed E-state index contributed by atoms with van der Waals surface area (Å²) in [5, 5.41) is 1.39. The molecule has 0 heterocycles. The van der Waals surface area contributed by atoms with Crippen molar-refractivity contribution in [3.8, 4) is 0 Å². The first-order chi connectivity index (χ1) is 6.38. The summed E-state index contributed by atoms with van der Waals surface area (Å²) in [5.74, 6) is 0. The highest BCUT2D eigenvalue weighted by molar-refractivity contribution is 6.67. The van der Waals surface area contributed by atoms with Gasteiger partial charge in [0.15, 0.2) is 0 Å². The summed E-state index contributed by atoms with van der Waals surface area (Å²) in [6.07, 6.45) is 2.53. The zero-order valence-corrected chi connectivity index (χ0v) is 9.42. The van der Waals surface area contributed by atoms with Crippen LogP contribution >= 0.6 is 0 Å². The van der Waals surface area contributed by atoms with Crippen LogP contribution in [0.15, 0.2) is 30.3 Å². The van der Waals surface area contributed by atoms with Crippen molar-refractivity contribution < 1.29 is 4.43 Å². The molecule has 1 aromatic rings. The molecule has 1 aromatic carbocycles. The molecule has 0 bridgehead atoms. The highest BCUT2D eigenvalue weighted by Gasteiger charge is 2.12. The number of hydrogen-bond acceptors (Lipinski definition) is 1. The Morgan fingerprint density at radius 2 is 1.92 bits per heavy atom. The second-order valence-electron chi connectivity index (χ2n) is 3.10. The van der Waals surface area contributed by atoms with E-state index in [9.17, 15) is 0 Å². The lowest BCUT2D eigenvalue weighted by atomic mass is 10.4. The average Bonchev–Trinajstić information content (AvgIpc) is 2.21. The van der Waals surface area contributed by atoms with Gasteiger partial charge >= 0.3 is 0 Å². The van der Waals surface area contributed by atoms with Crippen LogP contribution in [0, 0.1) is 0 Å². The first kappa shape index (κ1) is 10.5. The van der Waals surface area contributed by atoms with Gasteiger partial charge in [-0.05, 0) is 11.2 Å². The summed E-state index contributed by atoms with van der Waals surface area (Å²) >= 11 is 0. The molecular formula is C11H17OSi. The van der Waals surface area contributed by atoms with Crippen molar-refractivity contribution in [2.75, 3.05) is 7.11 Å². The summed E-state index contributed by atoms with van der Waals surface area (Å²) in [6.45, 7) is 2.22. The number of hydrogen-bond donors (Lipinski definition) is 0. The molecule has 71 valence electrons. The van der Waals surface area contributed by atoms with Gasteiger partial charge in [-0.2, -0.15) is 0 Å². The van der Waals surface area contributed by atoms with E-state index < -0.39 is 9.04 Å². The SMILES string of the molecule is CCCC[Si](OC)c1ccccc1. The van der Waals surface area contributed by atoms with Crippen LogP contribution in [0.3, 0.4) is 0 Å². The fourth-order valence-corrected chi connectivity index (χ4v) is 3.29. The Morgan fingerprint density at radius 3 is 2.46 bits per heavy atom. The fourth-order valence-electron chi connectivity index (χ4n) is 1.33. The Bertz CT molecular complexity index is 223. The van der Waals surface area contributed by atoms with Crippen molar-refractivity contribution in [3.63, 3.8) is 0 Å². The van der Waals surface area contributed by atoms with Crippen LogP contribution in [0.1, 0.15) is 19.8 Å². The normalized spacial score (nSPS) is 10.7. The summed E-state index contributed by atoms with van der Waals surface area (Å²) < 4.78 is 5.54. The smallest absolute Gasteiger partial charge is 0.246 e. The van der Waals surface area contributed by atoms with E-state index in [0.29, 0.717) is 0 Å². The maximum absolute atomic E-state index is 5.54. The van der Waals surface area contributed by atoms with Gasteiger partial charge in [-0.1, -0.05) is 50.1 Å². The van der Waals surface area contributed by atoms with Gasteiger partial charge in [-0.3, -0.25) is 0 Å². The maximum atomic E-state index is 5.54. The molecule has 0 fully saturated rings. The Balaban J connectivity index is 2.56. The summed E-state index contributed by atoms with van der Waals surface area (Å²) in [7, 11) is 1.11. The lowest BCUT2D eigenvalue weighted by Crippen LogP contribution is -2.31. The minimum atomic E-state index is -0.724. The Morgan fingerprint density at radius 1 is 1.23 bits per heavy atom. The van der Waals surface area contributed by atoms with Gasteiger partial charge in [0.05, 0.1) is 0 Å². The van der Waals surface area contributed by atoms with Gasteiger partial charge in [0.1, 0.15) is 0 Å². The van der Waals surface area contributed by atoms with Crippen LogP contribution < -0.4 is 5.19 Å². The second kappa shape index (κ2) is 5.94. The minimum Gasteiger partial charge on any atom is -0.415 e. The van der Waals surface area contributed by atoms with Crippen LogP contribution in [0.25, 0.3) is 0 Å². The zero-order valence-electron chi connectivity index (χ0n) is 8.42. The van der Waals surface area contributed by atoms with Gasteiger partial charge in [0.25, 0.3) is 0 Å². The lowest BCUT2D eigenvalue weighted by molar-refractivity contribution is 0.427. The van der Waals surface area contributed by atoms with E-state index in [1.54, 1.807) is 0 Å². The van der Waals surface area contributed by atoms with Crippen molar-refractivity contribution in [3.05, 3.63) is 30.3 Å². The van der Waals surface area contributed by atoms with Crippen molar-refractivity contribution in [1.29, 1.82) is 0 Å². The first-order valence-corrected chi connectivity index (χ1v) is 6.45. The Labute approximate surface area is 82.5 Å². The van der Waals surface area contributed by atoms with Crippen molar-refractivity contribution in [2.45, 2.75) is 25.8 Å². The zero-order chi connectivity index (χ0) is 9.52. The molecule has 0 N–H and O–H groups in total. The van der Waals surface area contributed by atoms with E-state index in [1.165, 1.54) is 24.1 Å². The second-order valence-corrected chi connectivity index (χ2v) is 5.43. The minimum absolute atomic E-state index is 0.724. The van der Waals surface area contributed by atoms with Crippen molar-refractivity contribution >= 4 is 14.2 Å². The van der Waals surface area contributed by atoms with Gasteiger partial charge < -0.3 is 4.43 Å². The molecule has 0 saturated heterocycles. The molecule has 13 heavy (non-hydrogen) atoms. The molecule has 1 radical (unpaired) electrons. The van der Waals surface area contributed by atoms with Crippen LogP contribution in [0.2, 0.25) is 6.04 Å². The van der Waals surface area contributed by atoms with E-state index in [-0.39, 0.29) is 0 Å². The maximum Gasteiger partial charge on any atom is 0.246 e. The predicted octanol–water partition coefficient (Wildman–Crippen LogP) is 2.33. The van der Waals surface area contributed by atoms with Crippen molar-refractivity contribution in [2.24, 2.45) is 0 Å². The van der Waals surface area contributed by atoms with Gasteiger partial charge in [-0.15, -0.1) is 0 Å². The van der Waals surface area contributed by atoms with E-state index in [4.69, 9.17) is 4.43 Å². The van der Waals surface area contributed by atoms with E-state index in [0.717, 1.165) is 0 Å². The third-order valence-electron chi connectivity index (χ3n) is 2.10. The van der Waals surface area contributed by atoms with E-state index in [2.05, 4.69) is 37.3 Å². The number of rotatable bonds is 5. The van der Waals surface area contributed by atoms with Gasteiger partial charge in [0, 0.05) is 7.11 Å². The largest absolute Gasteiger partial charge is 0.415 e. The molecule has 1 nitrogen and oxygen atoms in total. The molecule has 0 aliphatic rings. The molecule has 1 rings (SSSR count). The van der Waals surface area contributed by atoms with E-state index in [1.807, 2.05) is 7.11 Å². The average molecular weight is 193 g/mol. The third-order valence-corrected chi connectivity index (χ3v) is 4.38.